The standard InChI is InChI=1S/C14H13F4N3O2/c1-8-6-10(13(15)16)20-21(8)7-12(22)19-9-4-2-3-5-11(9)23-14(17)18/h2-6,13-14H,7H2,1H3,(H,19,22). The molecule has 0 aliphatic rings. The highest BCUT2D eigenvalue weighted by Gasteiger charge is 2.16. The van der Waals surface area contributed by atoms with E-state index >= 15 is 0 Å². The molecule has 124 valence electrons. The van der Waals surface area contributed by atoms with Gasteiger partial charge in [0.15, 0.2) is 0 Å². The number of anilines is 1. The Hall–Kier alpha value is -2.58. The average molecular weight is 331 g/mol. The molecule has 0 radical (unpaired) electrons. The highest BCUT2D eigenvalue weighted by molar-refractivity contribution is 5.92. The maximum Gasteiger partial charge on any atom is 0.387 e. The van der Waals surface area contributed by atoms with Crippen LogP contribution in [0.25, 0.3) is 0 Å². The molecule has 1 N–H and O–H groups in total. The Labute approximate surface area is 128 Å². The Morgan fingerprint density at radius 2 is 2.00 bits per heavy atom. The number of rotatable bonds is 6. The second kappa shape index (κ2) is 7.12. The molecule has 0 aliphatic carbocycles. The fourth-order valence-corrected chi connectivity index (χ4v) is 1.90. The topological polar surface area (TPSA) is 56.2 Å². The fourth-order valence-electron chi connectivity index (χ4n) is 1.90. The first-order chi connectivity index (χ1) is 10.9. The molecule has 1 amide bonds. The van der Waals surface area contributed by atoms with Crippen LogP contribution < -0.4 is 10.1 Å². The first kappa shape index (κ1) is 16.8. The van der Waals surface area contributed by atoms with Gasteiger partial charge in [0.05, 0.1) is 5.69 Å². The second-order valence-corrected chi connectivity index (χ2v) is 4.59. The van der Waals surface area contributed by atoms with Crippen molar-refractivity contribution in [2.45, 2.75) is 26.5 Å². The molecule has 9 heteroatoms. The number of nitrogens with one attached hydrogen (secondary N) is 1. The summed E-state index contributed by atoms with van der Waals surface area (Å²) in [6.45, 7) is -1.84. The molecule has 0 fully saturated rings. The molecule has 0 saturated heterocycles. The van der Waals surface area contributed by atoms with E-state index in [1.165, 1.54) is 37.3 Å². The van der Waals surface area contributed by atoms with Crippen molar-refractivity contribution in [1.82, 2.24) is 9.78 Å². The number of aromatic nitrogens is 2. The van der Waals surface area contributed by atoms with Crippen molar-refractivity contribution >= 4 is 11.6 Å². The van der Waals surface area contributed by atoms with E-state index in [1.54, 1.807) is 0 Å². The van der Waals surface area contributed by atoms with Gasteiger partial charge in [-0.2, -0.15) is 13.9 Å². The van der Waals surface area contributed by atoms with Crippen molar-refractivity contribution in [2.24, 2.45) is 0 Å². The molecule has 23 heavy (non-hydrogen) atoms. The van der Waals surface area contributed by atoms with E-state index < -0.39 is 24.6 Å². The van der Waals surface area contributed by atoms with Crippen molar-refractivity contribution < 1.29 is 27.1 Å². The SMILES string of the molecule is Cc1cc(C(F)F)nn1CC(=O)Nc1ccccc1OC(F)F. The van der Waals surface area contributed by atoms with Crippen LogP contribution in [0.5, 0.6) is 5.75 Å². The number of alkyl halides is 4. The molecule has 1 aromatic heterocycles. The summed E-state index contributed by atoms with van der Waals surface area (Å²) in [5.41, 5.74) is 0.000918. The molecular formula is C14H13F4N3O2. The van der Waals surface area contributed by atoms with Crippen LogP contribution in [0.15, 0.2) is 30.3 Å². The summed E-state index contributed by atoms with van der Waals surface area (Å²) >= 11 is 0. The number of para-hydroxylation sites is 2. The first-order valence-electron chi connectivity index (χ1n) is 6.53. The molecule has 0 unspecified atom stereocenters. The van der Waals surface area contributed by atoms with Crippen molar-refractivity contribution in [3.05, 3.63) is 41.7 Å². The van der Waals surface area contributed by atoms with Gasteiger partial charge in [-0.3, -0.25) is 9.48 Å². The zero-order valence-corrected chi connectivity index (χ0v) is 12.0. The summed E-state index contributed by atoms with van der Waals surface area (Å²) < 4.78 is 55.1. The minimum atomic E-state index is -3.03. The molecule has 1 heterocycles. The van der Waals surface area contributed by atoms with Gasteiger partial charge in [0.25, 0.3) is 6.43 Å². The van der Waals surface area contributed by atoms with Crippen molar-refractivity contribution in [2.75, 3.05) is 5.32 Å². The highest BCUT2D eigenvalue weighted by Crippen LogP contribution is 2.25. The van der Waals surface area contributed by atoms with Crippen molar-refractivity contribution in [3.8, 4) is 5.75 Å². The summed E-state index contributed by atoms with van der Waals surface area (Å²) in [4.78, 5) is 11.9. The maximum atomic E-state index is 12.6. The van der Waals surface area contributed by atoms with Crippen LogP contribution in [0.4, 0.5) is 23.2 Å². The van der Waals surface area contributed by atoms with Crippen LogP contribution in [-0.2, 0) is 11.3 Å². The van der Waals surface area contributed by atoms with Crippen LogP contribution in [0.1, 0.15) is 17.8 Å². The molecule has 0 bridgehead atoms. The lowest BCUT2D eigenvalue weighted by atomic mass is 10.3. The minimum absolute atomic E-state index is 0.0525. The predicted octanol–water partition coefficient (Wildman–Crippen LogP) is 3.37. The number of nitrogens with zero attached hydrogens (tertiary/aromatic N) is 2. The Kier molecular flexibility index (Phi) is 5.20. The monoisotopic (exact) mass is 331 g/mol. The van der Waals surface area contributed by atoms with Gasteiger partial charge in [-0.25, -0.2) is 8.78 Å². The number of aryl methyl sites for hydroxylation is 1. The van der Waals surface area contributed by atoms with Crippen LogP contribution in [0.3, 0.4) is 0 Å². The van der Waals surface area contributed by atoms with Gasteiger partial charge in [0, 0.05) is 5.69 Å². The van der Waals surface area contributed by atoms with Gasteiger partial charge in [-0.1, -0.05) is 12.1 Å². The number of hydrogen-bond acceptors (Lipinski definition) is 3. The smallest absolute Gasteiger partial charge is 0.387 e. The van der Waals surface area contributed by atoms with Crippen molar-refractivity contribution in [3.63, 3.8) is 0 Å². The van der Waals surface area contributed by atoms with Gasteiger partial charge in [0.2, 0.25) is 5.91 Å². The molecular weight excluding hydrogens is 318 g/mol. The zero-order chi connectivity index (χ0) is 17.0. The number of benzene rings is 1. The molecule has 5 nitrogen and oxygen atoms in total. The van der Waals surface area contributed by atoms with E-state index in [9.17, 15) is 22.4 Å². The average Bonchev–Trinajstić information content (AvgIpc) is 2.82. The first-order valence-corrected chi connectivity index (χ1v) is 6.53. The Balaban J connectivity index is 2.08. The third-order valence-electron chi connectivity index (χ3n) is 2.89. The van der Waals surface area contributed by atoms with Gasteiger partial charge in [0.1, 0.15) is 18.0 Å². The van der Waals surface area contributed by atoms with E-state index in [-0.39, 0.29) is 18.0 Å². The van der Waals surface area contributed by atoms with E-state index in [2.05, 4.69) is 15.2 Å². The zero-order valence-electron chi connectivity index (χ0n) is 12.0. The lowest BCUT2D eigenvalue weighted by Crippen LogP contribution is -2.21. The Bertz CT molecular complexity index is 688. The highest BCUT2D eigenvalue weighted by atomic mass is 19.3. The normalized spacial score (nSPS) is 11.1. The maximum absolute atomic E-state index is 12.6. The fraction of sp³-hybridized carbons (Fsp3) is 0.286. The Morgan fingerprint density at radius 1 is 1.30 bits per heavy atom. The summed E-state index contributed by atoms with van der Waals surface area (Å²) in [6, 6.07) is 6.83. The predicted molar refractivity (Wildman–Crippen MR) is 73.6 cm³/mol. The second-order valence-electron chi connectivity index (χ2n) is 4.59. The third-order valence-corrected chi connectivity index (χ3v) is 2.89. The molecule has 0 atom stereocenters. The number of halogens is 4. The molecule has 1 aromatic carbocycles. The number of carbonyl (C=O) groups is 1. The third kappa shape index (κ3) is 4.44. The quantitative estimate of drug-likeness (QED) is 0.826. The van der Waals surface area contributed by atoms with E-state index in [1.807, 2.05) is 0 Å². The molecule has 2 rings (SSSR count). The Morgan fingerprint density at radius 3 is 2.61 bits per heavy atom. The van der Waals surface area contributed by atoms with Crippen LogP contribution in [-0.4, -0.2) is 22.3 Å². The van der Waals surface area contributed by atoms with Crippen LogP contribution in [0.2, 0.25) is 0 Å². The van der Waals surface area contributed by atoms with Gasteiger partial charge < -0.3 is 10.1 Å². The summed E-state index contributed by atoms with van der Waals surface area (Å²) in [5, 5.41) is 6.00. The van der Waals surface area contributed by atoms with Gasteiger partial charge in [-0.15, -0.1) is 0 Å². The van der Waals surface area contributed by atoms with Crippen LogP contribution >= 0.6 is 0 Å². The number of hydrogen-bond donors (Lipinski definition) is 1. The minimum Gasteiger partial charge on any atom is -0.433 e. The van der Waals surface area contributed by atoms with Crippen molar-refractivity contribution in [1.29, 1.82) is 0 Å². The lowest BCUT2D eigenvalue weighted by molar-refractivity contribution is -0.117. The lowest BCUT2D eigenvalue weighted by Gasteiger charge is -2.12. The summed E-state index contributed by atoms with van der Waals surface area (Å²) in [6.07, 6.45) is -2.74. The van der Waals surface area contributed by atoms with Crippen LogP contribution in [0, 0.1) is 6.92 Å². The number of carbonyl (C=O) groups excluding carboxylic acids is 1. The van der Waals surface area contributed by atoms with E-state index in [0.717, 1.165) is 4.68 Å². The van der Waals surface area contributed by atoms with Gasteiger partial charge >= 0.3 is 6.61 Å². The van der Waals surface area contributed by atoms with Gasteiger partial charge in [-0.05, 0) is 25.1 Å². The molecule has 0 saturated carbocycles. The molecule has 2 aromatic rings. The molecule has 0 aliphatic heterocycles. The molecule has 0 spiro atoms. The van der Waals surface area contributed by atoms with E-state index in [0.29, 0.717) is 5.69 Å². The number of ether oxygens (including phenoxy) is 1. The number of amides is 1. The summed E-state index contributed by atoms with van der Waals surface area (Å²) in [5.74, 6) is -0.802. The van der Waals surface area contributed by atoms with E-state index in [4.69, 9.17) is 0 Å². The largest absolute Gasteiger partial charge is 0.433 e. The summed E-state index contributed by atoms with van der Waals surface area (Å²) in [7, 11) is 0.